The highest BCUT2D eigenvalue weighted by atomic mass is 16.4. The van der Waals surface area contributed by atoms with Crippen LogP contribution < -0.4 is 5.32 Å². The van der Waals surface area contributed by atoms with Crippen molar-refractivity contribution in [1.82, 2.24) is 15.1 Å². The van der Waals surface area contributed by atoms with Crippen molar-refractivity contribution in [3.63, 3.8) is 0 Å². The minimum absolute atomic E-state index is 0.384. The first-order valence-corrected chi connectivity index (χ1v) is 8.10. The molecule has 0 fully saturated rings. The van der Waals surface area contributed by atoms with Gasteiger partial charge in [-0.3, -0.25) is 4.68 Å². The molecule has 23 heavy (non-hydrogen) atoms. The van der Waals surface area contributed by atoms with Gasteiger partial charge >= 0.3 is 5.97 Å². The molecule has 0 radical (unpaired) electrons. The SMILES string of the molecule is Cc1nn(C)cc1CNCC1CCCc2ccc(C(=O)O)cc21. The zero-order valence-electron chi connectivity index (χ0n) is 13.7. The van der Waals surface area contributed by atoms with Crippen LogP contribution in [-0.2, 0) is 20.0 Å². The molecule has 1 aromatic carbocycles. The van der Waals surface area contributed by atoms with Crippen molar-refractivity contribution in [3.05, 3.63) is 52.3 Å². The number of aromatic nitrogens is 2. The molecule has 2 N–H and O–H groups in total. The topological polar surface area (TPSA) is 67.2 Å². The lowest BCUT2D eigenvalue weighted by Gasteiger charge is -2.26. The number of nitrogens with one attached hydrogen (secondary N) is 1. The van der Waals surface area contributed by atoms with Crippen LogP contribution in [0.1, 0.15) is 51.5 Å². The fourth-order valence-corrected chi connectivity index (χ4v) is 3.45. The normalized spacial score (nSPS) is 17.0. The number of carboxylic acid groups (broad SMARTS) is 1. The van der Waals surface area contributed by atoms with E-state index in [4.69, 9.17) is 0 Å². The van der Waals surface area contributed by atoms with E-state index in [1.165, 1.54) is 16.7 Å². The Balaban J connectivity index is 1.69. The molecule has 3 rings (SSSR count). The molecule has 1 aromatic heterocycles. The Bertz CT molecular complexity index is 721. The van der Waals surface area contributed by atoms with Crippen LogP contribution in [-0.4, -0.2) is 27.4 Å². The van der Waals surface area contributed by atoms with Gasteiger partial charge in [-0.15, -0.1) is 0 Å². The number of hydrogen-bond donors (Lipinski definition) is 2. The average molecular weight is 313 g/mol. The van der Waals surface area contributed by atoms with E-state index in [-0.39, 0.29) is 0 Å². The van der Waals surface area contributed by atoms with E-state index >= 15 is 0 Å². The van der Waals surface area contributed by atoms with Crippen molar-refractivity contribution in [1.29, 1.82) is 0 Å². The maximum Gasteiger partial charge on any atom is 0.335 e. The number of benzene rings is 1. The van der Waals surface area contributed by atoms with Crippen LogP contribution in [0.4, 0.5) is 0 Å². The minimum Gasteiger partial charge on any atom is -0.478 e. The number of rotatable bonds is 5. The highest BCUT2D eigenvalue weighted by molar-refractivity contribution is 5.88. The van der Waals surface area contributed by atoms with Crippen LogP contribution in [0.15, 0.2) is 24.4 Å². The van der Waals surface area contributed by atoms with Crippen LogP contribution in [0, 0.1) is 6.92 Å². The van der Waals surface area contributed by atoms with Crippen molar-refractivity contribution in [2.24, 2.45) is 7.05 Å². The Morgan fingerprint density at radius 3 is 3.00 bits per heavy atom. The second kappa shape index (κ2) is 6.54. The maximum atomic E-state index is 11.2. The van der Waals surface area contributed by atoms with Gasteiger partial charge < -0.3 is 10.4 Å². The monoisotopic (exact) mass is 313 g/mol. The fourth-order valence-electron chi connectivity index (χ4n) is 3.45. The zero-order valence-corrected chi connectivity index (χ0v) is 13.7. The summed E-state index contributed by atoms with van der Waals surface area (Å²) in [5.74, 6) is -0.467. The van der Waals surface area contributed by atoms with Gasteiger partial charge in [0.05, 0.1) is 11.3 Å². The lowest BCUT2D eigenvalue weighted by atomic mass is 9.82. The van der Waals surface area contributed by atoms with Crippen molar-refractivity contribution >= 4 is 5.97 Å². The summed E-state index contributed by atoms with van der Waals surface area (Å²) in [4.78, 5) is 11.2. The van der Waals surface area contributed by atoms with E-state index in [0.29, 0.717) is 11.5 Å². The molecule has 0 saturated carbocycles. The molecule has 1 aliphatic rings. The molecule has 0 saturated heterocycles. The number of aryl methyl sites for hydroxylation is 3. The van der Waals surface area contributed by atoms with Gasteiger partial charge in [0.15, 0.2) is 0 Å². The molecule has 5 heteroatoms. The van der Waals surface area contributed by atoms with Gasteiger partial charge in [-0.25, -0.2) is 4.79 Å². The molecule has 0 spiro atoms. The molecule has 1 atom stereocenters. The van der Waals surface area contributed by atoms with Gasteiger partial charge in [-0.1, -0.05) is 6.07 Å². The maximum absolute atomic E-state index is 11.2. The van der Waals surface area contributed by atoms with E-state index < -0.39 is 5.97 Å². The Labute approximate surface area is 136 Å². The molecule has 1 unspecified atom stereocenters. The standard InChI is InChI=1S/C18H23N3O2/c1-12-16(11-21(2)20-12)10-19-9-15-5-3-4-13-6-7-14(18(22)23)8-17(13)15/h6-8,11,15,19H,3-5,9-10H2,1-2H3,(H,22,23). The quantitative estimate of drug-likeness (QED) is 0.890. The Morgan fingerprint density at radius 2 is 2.30 bits per heavy atom. The highest BCUT2D eigenvalue weighted by Gasteiger charge is 2.21. The molecule has 122 valence electrons. The van der Waals surface area contributed by atoms with E-state index in [1.54, 1.807) is 6.07 Å². The second-order valence-electron chi connectivity index (χ2n) is 6.35. The smallest absolute Gasteiger partial charge is 0.335 e. The fraction of sp³-hybridized carbons (Fsp3) is 0.444. The number of fused-ring (bicyclic) bond motifs is 1. The summed E-state index contributed by atoms with van der Waals surface area (Å²) in [6.07, 6.45) is 5.36. The molecule has 5 nitrogen and oxygen atoms in total. The summed E-state index contributed by atoms with van der Waals surface area (Å²) in [6.45, 7) is 3.68. The highest BCUT2D eigenvalue weighted by Crippen LogP contribution is 2.32. The Hall–Kier alpha value is -2.14. The second-order valence-corrected chi connectivity index (χ2v) is 6.35. The van der Waals surface area contributed by atoms with Gasteiger partial charge in [0.25, 0.3) is 0 Å². The molecule has 2 aromatic rings. The molecular weight excluding hydrogens is 290 g/mol. The van der Waals surface area contributed by atoms with Crippen molar-refractivity contribution < 1.29 is 9.90 Å². The van der Waals surface area contributed by atoms with Crippen LogP contribution >= 0.6 is 0 Å². The van der Waals surface area contributed by atoms with E-state index in [0.717, 1.165) is 38.0 Å². The van der Waals surface area contributed by atoms with Crippen molar-refractivity contribution in [3.8, 4) is 0 Å². The molecule has 0 amide bonds. The van der Waals surface area contributed by atoms with Crippen LogP contribution in [0.25, 0.3) is 0 Å². The van der Waals surface area contributed by atoms with Crippen LogP contribution in [0.3, 0.4) is 0 Å². The minimum atomic E-state index is -0.851. The first-order chi connectivity index (χ1) is 11.0. The Morgan fingerprint density at radius 1 is 1.48 bits per heavy atom. The van der Waals surface area contributed by atoms with Gasteiger partial charge in [0.1, 0.15) is 0 Å². The largest absolute Gasteiger partial charge is 0.478 e. The predicted octanol–water partition coefficient (Wildman–Crippen LogP) is 2.64. The summed E-state index contributed by atoms with van der Waals surface area (Å²) in [6, 6.07) is 5.56. The lowest BCUT2D eigenvalue weighted by molar-refractivity contribution is 0.0696. The average Bonchev–Trinajstić information content (AvgIpc) is 2.85. The molecular formula is C18H23N3O2. The molecule has 1 aliphatic carbocycles. The third-order valence-electron chi connectivity index (χ3n) is 4.65. The van der Waals surface area contributed by atoms with Gasteiger partial charge in [0, 0.05) is 31.9 Å². The third kappa shape index (κ3) is 3.45. The van der Waals surface area contributed by atoms with Gasteiger partial charge in [-0.05, 0) is 55.4 Å². The predicted molar refractivity (Wildman–Crippen MR) is 88.7 cm³/mol. The molecule has 0 aliphatic heterocycles. The van der Waals surface area contributed by atoms with Crippen molar-refractivity contribution in [2.75, 3.05) is 6.54 Å². The summed E-state index contributed by atoms with van der Waals surface area (Å²) < 4.78 is 1.83. The van der Waals surface area contributed by atoms with E-state index in [9.17, 15) is 9.90 Å². The summed E-state index contributed by atoms with van der Waals surface area (Å²) in [7, 11) is 1.93. The third-order valence-corrected chi connectivity index (χ3v) is 4.65. The number of nitrogens with zero attached hydrogens (tertiary/aromatic N) is 2. The lowest BCUT2D eigenvalue weighted by Crippen LogP contribution is -2.24. The summed E-state index contributed by atoms with van der Waals surface area (Å²) in [5.41, 5.74) is 5.15. The van der Waals surface area contributed by atoms with Crippen LogP contribution in [0.2, 0.25) is 0 Å². The summed E-state index contributed by atoms with van der Waals surface area (Å²) in [5, 5.41) is 17.1. The first kappa shape index (κ1) is 15.7. The molecule has 1 heterocycles. The van der Waals surface area contributed by atoms with Gasteiger partial charge in [0.2, 0.25) is 0 Å². The van der Waals surface area contributed by atoms with Crippen molar-refractivity contribution in [2.45, 2.75) is 38.6 Å². The zero-order chi connectivity index (χ0) is 16.4. The number of hydrogen-bond acceptors (Lipinski definition) is 3. The van der Waals surface area contributed by atoms with E-state index in [1.807, 2.05) is 37.0 Å². The number of carboxylic acids is 1. The van der Waals surface area contributed by atoms with Crippen LogP contribution in [0.5, 0.6) is 0 Å². The van der Waals surface area contributed by atoms with Gasteiger partial charge in [-0.2, -0.15) is 5.10 Å². The summed E-state index contributed by atoms with van der Waals surface area (Å²) >= 11 is 0. The number of carbonyl (C=O) groups is 1. The Kier molecular flexibility index (Phi) is 4.48. The van der Waals surface area contributed by atoms with E-state index in [2.05, 4.69) is 10.4 Å². The number of aromatic carboxylic acids is 1. The molecule has 0 bridgehead atoms. The first-order valence-electron chi connectivity index (χ1n) is 8.10.